The number of ketones is 1. The Labute approximate surface area is 188 Å². The number of rotatable bonds is 4. The van der Waals surface area contributed by atoms with Crippen molar-refractivity contribution < 1.29 is 4.79 Å². The van der Waals surface area contributed by atoms with Crippen LogP contribution < -0.4 is 0 Å². The molecule has 5 nitrogen and oxygen atoms in total. The van der Waals surface area contributed by atoms with Crippen LogP contribution in [-0.2, 0) is 11.2 Å². The van der Waals surface area contributed by atoms with Crippen LogP contribution >= 0.6 is 34.7 Å². The van der Waals surface area contributed by atoms with E-state index in [0.29, 0.717) is 15.0 Å². The fraction of sp³-hybridized carbons (Fsp3) is 0.273. The Morgan fingerprint density at radius 3 is 2.73 bits per heavy atom. The van der Waals surface area contributed by atoms with E-state index in [2.05, 4.69) is 20.8 Å². The molecule has 0 amide bonds. The summed E-state index contributed by atoms with van der Waals surface area (Å²) in [4.78, 5) is 13.6. The summed E-state index contributed by atoms with van der Waals surface area (Å²) in [6, 6.07) is 7.93. The van der Waals surface area contributed by atoms with Crippen LogP contribution in [0.4, 0.5) is 0 Å². The summed E-state index contributed by atoms with van der Waals surface area (Å²) >= 11 is 8.96. The molecule has 1 aliphatic rings. The number of halogens is 1. The topological polar surface area (TPSA) is 71.6 Å². The fourth-order valence-corrected chi connectivity index (χ4v) is 5.74. The van der Waals surface area contributed by atoms with Crippen molar-refractivity contribution in [3.63, 3.8) is 0 Å². The normalized spacial score (nSPS) is 18.0. The number of nitrogens with one attached hydrogen (secondary N) is 1. The molecule has 0 spiro atoms. The number of thioether (sulfide) groups is 1. The molecule has 0 radical (unpaired) electrons. The molecular weight excluding hydrogens is 436 g/mol. The molecule has 154 valence electrons. The highest BCUT2D eigenvalue weighted by molar-refractivity contribution is 8.19. The van der Waals surface area contributed by atoms with Gasteiger partial charge in [-0.05, 0) is 62.6 Å². The average Bonchev–Trinajstić information content (AvgIpc) is 3.36. The van der Waals surface area contributed by atoms with Gasteiger partial charge in [-0.25, -0.2) is 0 Å². The van der Waals surface area contributed by atoms with Crippen molar-refractivity contribution >= 4 is 51.6 Å². The monoisotopic (exact) mass is 456 g/mol. The van der Waals surface area contributed by atoms with Crippen LogP contribution in [-0.4, -0.2) is 25.6 Å². The number of carbonyl (C=O) groups is 1. The van der Waals surface area contributed by atoms with E-state index in [0.717, 1.165) is 44.7 Å². The van der Waals surface area contributed by atoms with E-state index in [9.17, 15) is 4.79 Å². The Morgan fingerprint density at radius 1 is 1.27 bits per heavy atom. The zero-order valence-electron chi connectivity index (χ0n) is 17.1. The van der Waals surface area contributed by atoms with Gasteiger partial charge in [-0.1, -0.05) is 36.4 Å². The number of hydrogen-bond donors (Lipinski definition) is 1. The summed E-state index contributed by atoms with van der Waals surface area (Å²) in [6.45, 7) is 8.08. The van der Waals surface area contributed by atoms with E-state index >= 15 is 0 Å². The molecule has 0 bridgehead atoms. The maximum atomic E-state index is 13.1. The minimum absolute atomic E-state index is 0.0763. The van der Waals surface area contributed by atoms with Crippen molar-refractivity contribution in [1.82, 2.24) is 14.8 Å². The van der Waals surface area contributed by atoms with E-state index in [1.807, 2.05) is 52.0 Å². The molecule has 0 aliphatic carbocycles. The smallest absolute Gasteiger partial charge is 0.186 e. The Kier molecular flexibility index (Phi) is 5.70. The van der Waals surface area contributed by atoms with E-state index in [1.54, 1.807) is 0 Å². The van der Waals surface area contributed by atoms with Crippen LogP contribution in [0.15, 0.2) is 29.2 Å². The number of hydrogen-bond acceptors (Lipinski definition) is 6. The van der Waals surface area contributed by atoms with Crippen molar-refractivity contribution in [1.29, 1.82) is 5.41 Å². The van der Waals surface area contributed by atoms with Crippen molar-refractivity contribution in [3.8, 4) is 5.69 Å². The van der Waals surface area contributed by atoms with Crippen LogP contribution in [0.25, 0.3) is 11.8 Å². The van der Waals surface area contributed by atoms with Crippen molar-refractivity contribution in [2.24, 2.45) is 0 Å². The van der Waals surface area contributed by atoms with E-state index in [4.69, 9.17) is 17.0 Å². The molecule has 1 fully saturated rings. The van der Waals surface area contributed by atoms with Gasteiger partial charge in [0.25, 0.3) is 0 Å². The van der Waals surface area contributed by atoms with E-state index < -0.39 is 5.92 Å². The second-order valence-electron chi connectivity index (χ2n) is 7.21. The third-order valence-corrected chi connectivity index (χ3v) is 7.79. The minimum Gasteiger partial charge on any atom is -0.318 e. The van der Waals surface area contributed by atoms with Gasteiger partial charge in [-0.15, -0.1) is 21.5 Å². The Balaban J connectivity index is 1.71. The number of aromatic nitrogens is 3. The SMILES string of the molecule is CCc1nnc([C@@H]2C(=N)S/C(=C\c3cc(C)n(-c4cccc(Cl)c4C)c3C)C2=O)s1. The number of Topliss-reactive ketones (excluding diaryl/α,β-unsaturated/α-hetero) is 1. The Hall–Kier alpha value is -2.22. The molecule has 1 atom stereocenters. The van der Waals surface area contributed by atoms with Crippen molar-refractivity contribution in [3.05, 3.63) is 66.7 Å². The first-order chi connectivity index (χ1) is 14.3. The molecule has 1 aromatic carbocycles. The van der Waals surface area contributed by atoms with Gasteiger partial charge in [0.2, 0.25) is 0 Å². The van der Waals surface area contributed by atoms with Crippen LogP contribution in [0.5, 0.6) is 0 Å². The lowest BCUT2D eigenvalue weighted by molar-refractivity contribution is -0.114. The minimum atomic E-state index is -0.627. The highest BCUT2D eigenvalue weighted by Crippen LogP contribution is 2.42. The first-order valence-electron chi connectivity index (χ1n) is 9.60. The number of nitrogens with zero attached hydrogens (tertiary/aromatic N) is 3. The molecule has 1 N–H and O–H groups in total. The van der Waals surface area contributed by atoms with Crippen LogP contribution in [0.2, 0.25) is 5.02 Å². The molecule has 30 heavy (non-hydrogen) atoms. The third kappa shape index (κ3) is 3.55. The quantitative estimate of drug-likeness (QED) is 0.497. The summed E-state index contributed by atoms with van der Waals surface area (Å²) in [6.07, 6.45) is 2.67. The number of aryl methyl sites for hydroxylation is 2. The van der Waals surface area contributed by atoms with Crippen molar-refractivity contribution in [2.45, 2.75) is 40.0 Å². The zero-order valence-corrected chi connectivity index (χ0v) is 19.5. The summed E-state index contributed by atoms with van der Waals surface area (Å²) < 4.78 is 2.15. The molecule has 1 aliphatic heterocycles. The highest BCUT2D eigenvalue weighted by atomic mass is 35.5. The maximum absolute atomic E-state index is 13.1. The molecule has 2 aromatic heterocycles. The number of allylic oxidation sites excluding steroid dienone is 1. The van der Waals surface area contributed by atoms with E-state index in [1.165, 1.54) is 23.1 Å². The molecule has 0 unspecified atom stereocenters. The Bertz CT molecular complexity index is 1210. The number of carbonyl (C=O) groups excluding carboxylic acids is 1. The summed E-state index contributed by atoms with van der Waals surface area (Å²) in [5, 5.41) is 19.1. The molecule has 3 aromatic rings. The zero-order chi connectivity index (χ0) is 21.6. The molecule has 0 saturated carbocycles. The van der Waals surface area contributed by atoms with Gasteiger partial charge in [0.15, 0.2) is 5.78 Å². The average molecular weight is 457 g/mol. The molecule has 1 saturated heterocycles. The lowest BCUT2D eigenvalue weighted by Crippen LogP contribution is -2.11. The number of benzene rings is 1. The van der Waals surface area contributed by atoms with Gasteiger partial charge in [-0.3, -0.25) is 10.2 Å². The standard InChI is InChI=1S/C22H21ClN4OS2/c1-5-18-25-26-22(30-18)19-20(28)17(29-21(19)24)10-14-9-11(2)27(13(14)4)16-8-6-7-15(23)12(16)3/h6-10,19,24H,5H2,1-4H3/b17-10-,24-21?/t19-/m0/s1. The van der Waals surface area contributed by atoms with Gasteiger partial charge < -0.3 is 4.57 Å². The molecular formula is C22H21ClN4OS2. The molecule has 3 heterocycles. The maximum Gasteiger partial charge on any atom is 0.186 e. The third-order valence-electron chi connectivity index (χ3n) is 5.26. The van der Waals surface area contributed by atoms with Crippen LogP contribution in [0, 0.1) is 26.2 Å². The predicted octanol–water partition coefficient (Wildman–Crippen LogP) is 5.89. The lowest BCUT2D eigenvalue weighted by atomic mass is 10.1. The van der Waals surface area contributed by atoms with Gasteiger partial charge >= 0.3 is 0 Å². The summed E-state index contributed by atoms with van der Waals surface area (Å²) in [5.41, 5.74) is 5.08. The van der Waals surface area contributed by atoms with Gasteiger partial charge in [0, 0.05) is 22.1 Å². The fourth-order valence-electron chi connectivity index (χ4n) is 3.62. The Morgan fingerprint density at radius 2 is 2.03 bits per heavy atom. The predicted molar refractivity (Wildman–Crippen MR) is 125 cm³/mol. The van der Waals surface area contributed by atoms with Gasteiger partial charge in [-0.2, -0.15) is 0 Å². The van der Waals surface area contributed by atoms with Gasteiger partial charge in [0.05, 0.1) is 9.95 Å². The summed E-state index contributed by atoms with van der Waals surface area (Å²) in [5.74, 6) is -0.703. The molecule has 8 heteroatoms. The van der Waals surface area contributed by atoms with Crippen LogP contribution in [0.3, 0.4) is 0 Å². The second-order valence-corrected chi connectivity index (χ2v) is 9.79. The first kappa shape index (κ1) is 21.0. The highest BCUT2D eigenvalue weighted by Gasteiger charge is 2.39. The first-order valence-corrected chi connectivity index (χ1v) is 11.6. The summed E-state index contributed by atoms with van der Waals surface area (Å²) in [7, 11) is 0. The van der Waals surface area contributed by atoms with E-state index in [-0.39, 0.29) is 5.78 Å². The van der Waals surface area contributed by atoms with Gasteiger partial charge in [0.1, 0.15) is 15.9 Å². The van der Waals surface area contributed by atoms with Crippen molar-refractivity contribution in [2.75, 3.05) is 0 Å². The molecule has 4 rings (SSSR count). The second kappa shape index (κ2) is 8.13. The largest absolute Gasteiger partial charge is 0.318 e. The van der Waals surface area contributed by atoms with Crippen LogP contribution in [0.1, 0.15) is 45.4 Å². The lowest BCUT2D eigenvalue weighted by Gasteiger charge is -2.13.